The molecule has 0 heterocycles. The van der Waals surface area contributed by atoms with E-state index < -0.39 is 11.4 Å². The van der Waals surface area contributed by atoms with E-state index in [1.165, 1.54) is 19.2 Å². The molecule has 1 aliphatic rings. The Bertz CT molecular complexity index is 414. The number of aliphatic hydroxyl groups is 1. The van der Waals surface area contributed by atoms with Crippen molar-refractivity contribution in [1.82, 2.24) is 0 Å². The molecule has 1 aromatic carbocycles. The van der Waals surface area contributed by atoms with Crippen molar-refractivity contribution in [2.24, 2.45) is 0 Å². The summed E-state index contributed by atoms with van der Waals surface area (Å²) in [6.07, 6.45) is 4.31. The Morgan fingerprint density at radius 1 is 1.29 bits per heavy atom. The molecule has 1 aliphatic carbocycles. The van der Waals surface area contributed by atoms with Crippen LogP contribution >= 0.6 is 11.6 Å². The average Bonchev–Trinajstić information content (AvgIpc) is 2.28. The topological polar surface area (TPSA) is 29.5 Å². The number of methoxy groups -OCH3 is 1. The third kappa shape index (κ3) is 2.40. The van der Waals surface area contributed by atoms with Crippen molar-refractivity contribution >= 4 is 11.6 Å². The van der Waals surface area contributed by atoms with Crippen molar-refractivity contribution in [2.75, 3.05) is 7.11 Å². The Hall–Kier alpha value is -0.800. The zero-order valence-electron chi connectivity index (χ0n) is 9.80. The lowest BCUT2D eigenvalue weighted by atomic mass is 9.79. The molecule has 0 bridgehead atoms. The molecule has 0 saturated heterocycles. The lowest BCUT2D eigenvalue weighted by Crippen LogP contribution is -2.29. The number of rotatable bonds is 2. The van der Waals surface area contributed by atoms with Gasteiger partial charge in [-0.05, 0) is 18.9 Å². The van der Waals surface area contributed by atoms with E-state index in [0.717, 1.165) is 19.3 Å². The van der Waals surface area contributed by atoms with E-state index in [4.69, 9.17) is 16.3 Å². The first kappa shape index (κ1) is 12.7. The highest BCUT2D eigenvalue weighted by Gasteiger charge is 2.36. The predicted octanol–water partition coefficient (Wildman–Crippen LogP) is 3.64. The molecule has 2 nitrogen and oxygen atoms in total. The first-order valence-electron chi connectivity index (χ1n) is 5.83. The highest BCUT2D eigenvalue weighted by Crippen LogP contribution is 2.44. The van der Waals surface area contributed by atoms with E-state index >= 15 is 0 Å². The molecule has 1 N–H and O–H groups in total. The van der Waals surface area contributed by atoms with Gasteiger partial charge in [-0.25, -0.2) is 4.39 Å². The lowest BCUT2D eigenvalue weighted by Gasteiger charge is -2.34. The van der Waals surface area contributed by atoms with Crippen LogP contribution in [0.2, 0.25) is 5.02 Å². The van der Waals surface area contributed by atoms with Gasteiger partial charge in [0.05, 0.1) is 17.7 Å². The predicted molar refractivity (Wildman–Crippen MR) is 64.9 cm³/mol. The van der Waals surface area contributed by atoms with Gasteiger partial charge >= 0.3 is 0 Å². The first-order valence-corrected chi connectivity index (χ1v) is 6.20. The summed E-state index contributed by atoms with van der Waals surface area (Å²) in [5.74, 6) is -0.116. The molecule has 1 saturated carbocycles. The van der Waals surface area contributed by atoms with Gasteiger partial charge in [-0.2, -0.15) is 0 Å². The normalized spacial score (nSPS) is 19.1. The van der Waals surface area contributed by atoms with Crippen LogP contribution in [0.5, 0.6) is 5.75 Å². The monoisotopic (exact) mass is 258 g/mol. The van der Waals surface area contributed by atoms with Gasteiger partial charge in [-0.3, -0.25) is 0 Å². The van der Waals surface area contributed by atoms with Crippen LogP contribution in [0.15, 0.2) is 12.1 Å². The molecule has 17 heavy (non-hydrogen) atoms. The number of hydrogen-bond acceptors (Lipinski definition) is 2. The minimum Gasteiger partial charge on any atom is -0.496 e. The molecular weight excluding hydrogens is 243 g/mol. The van der Waals surface area contributed by atoms with E-state index in [9.17, 15) is 9.50 Å². The Labute approximate surface area is 105 Å². The SMILES string of the molecule is COc1cc(F)cc(Cl)c1C1(O)CCCCC1. The van der Waals surface area contributed by atoms with Crippen molar-refractivity contribution in [2.45, 2.75) is 37.7 Å². The van der Waals surface area contributed by atoms with Gasteiger partial charge in [0.1, 0.15) is 11.6 Å². The number of benzene rings is 1. The van der Waals surface area contributed by atoms with Crippen molar-refractivity contribution in [1.29, 1.82) is 0 Å². The summed E-state index contributed by atoms with van der Waals surface area (Å²) in [5, 5.41) is 10.9. The molecular formula is C13H16ClFO2. The minimum atomic E-state index is -0.978. The molecule has 0 amide bonds. The van der Waals surface area contributed by atoms with E-state index in [0.29, 0.717) is 24.2 Å². The molecule has 1 fully saturated rings. The summed E-state index contributed by atoms with van der Waals surface area (Å²) in [4.78, 5) is 0. The Morgan fingerprint density at radius 3 is 2.53 bits per heavy atom. The molecule has 0 spiro atoms. The first-order chi connectivity index (χ1) is 8.07. The molecule has 0 radical (unpaired) electrons. The van der Waals surface area contributed by atoms with Gasteiger partial charge in [0.25, 0.3) is 0 Å². The van der Waals surface area contributed by atoms with E-state index in [1.54, 1.807) is 0 Å². The van der Waals surface area contributed by atoms with Crippen molar-refractivity contribution in [3.8, 4) is 5.75 Å². The van der Waals surface area contributed by atoms with Crippen LogP contribution in [0.25, 0.3) is 0 Å². The average molecular weight is 259 g/mol. The minimum absolute atomic E-state index is 0.242. The van der Waals surface area contributed by atoms with Crippen LogP contribution in [-0.4, -0.2) is 12.2 Å². The quantitative estimate of drug-likeness (QED) is 0.878. The lowest BCUT2D eigenvalue weighted by molar-refractivity contribution is -0.00253. The van der Waals surface area contributed by atoms with Crippen LogP contribution in [0.1, 0.15) is 37.7 Å². The van der Waals surface area contributed by atoms with Gasteiger partial charge in [0.15, 0.2) is 0 Å². The number of hydrogen-bond donors (Lipinski definition) is 1. The summed E-state index contributed by atoms with van der Waals surface area (Å²) < 4.78 is 18.4. The fourth-order valence-corrected chi connectivity index (χ4v) is 2.92. The second-order valence-corrected chi connectivity index (χ2v) is 4.96. The Balaban J connectivity index is 2.49. The van der Waals surface area contributed by atoms with Gasteiger partial charge in [0, 0.05) is 11.6 Å². The fraction of sp³-hybridized carbons (Fsp3) is 0.538. The maximum absolute atomic E-state index is 13.2. The molecule has 0 aromatic heterocycles. The van der Waals surface area contributed by atoms with Crippen LogP contribution in [-0.2, 0) is 5.60 Å². The Morgan fingerprint density at radius 2 is 1.94 bits per heavy atom. The van der Waals surface area contributed by atoms with Gasteiger partial charge < -0.3 is 9.84 Å². The third-order valence-electron chi connectivity index (χ3n) is 3.38. The maximum Gasteiger partial charge on any atom is 0.129 e. The summed E-state index contributed by atoms with van der Waals surface area (Å²) in [7, 11) is 1.46. The van der Waals surface area contributed by atoms with Crippen molar-refractivity contribution in [3.05, 3.63) is 28.5 Å². The van der Waals surface area contributed by atoms with Gasteiger partial charge in [0.2, 0.25) is 0 Å². The fourth-order valence-electron chi connectivity index (χ4n) is 2.55. The van der Waals surface area contributed by atoms with Crippen LogP contribution in [0, 0.1) is 5.82 Å². The van der Waals surface area contributed by atoms with E-state index in [2.05, 4.69) is 0 Å². The molecule has 0 atom stereocenters. The molecule has 2 rings (SSSR count). The molecule has 4 heteroatoms. The smallest absolute Gasteiger partial charge is 0.129 e. The van der Waals surface area contributed by atoms with Crippen molar-refractivity contribution in [3.63, 3.8) is 0 Å². The molecule has 0 unspecified atom stereocenters. The summed E-state index contributed by atoms with van der Waals surface area (Å²) >= 11 is 6.06. The van der Waals surface area contributed by atoms with Crippen LogP contribution < -0.4 is 4.74 Å². The van der Waals surface area contributed by atoms with Crippen LogP contribution in [0.3, 0.4) is 0 Å². The van der Waals surface area contributed by atoms with Crippen LogP contribution in [0.4, 0.5) is 4.39 Å². The highest BCUT2D eigenvalue weighted by molar-refractivity contribution is 6.31. The second-order valence-electron chi connectivity index (χ2n) is 4.56. The molecule has 1 aromatic rings. The van der Waals surface area contributed by atoms with Crippen molar-refractivity contribution < 1.29 is 14.2 Å². The zero-order valence-corrected chi connectivity index (χ0v) is 10.6. The number of ether oxygens (including phenoxy) is 1. The summed E-state index contributed by atoms with van der Waals surface area (Å²) in [6, 6.07) is 2.50. The zero-order chi connectivity index (χ0) is 12.5. The molecule has 94 valence electrons. The van der Waals surface area contributed by atoms with E-state index in [-0.39, 0.29) is 5.02 Å². The van der Waals surface area contributed by atoms with Gasteiger partial charge in [-0.1, -0.05) is 30.9 Å². The van der Waals surface area contributed by atoms with Gasteiger partial charge in [-0.15, -0.1) is 0 Å². The second kappa shape index (κ2) is 4.83. The largest absolute Gasteiger partial charge is 0.496 e. The summed E-state index contributed by atoms with van der Waals surface area (Å²) in [6.45, 7) is 0. The molecule has 0 aliphatic heterocycles. The summed E-state index contributed by atoms with van der Waals surface area (Å²) in [5.41, 5.74) is -0.447. The maximum atomic E-state index is 13.2. The Kier molecular flexibility index (Phi) is 3.59. The van der Waals surface area contributed by atoms with E-state index in [1.807, 2.05) is 0 Å². The standard InChI is InChI=1S/C13H16ClFO2/c1-17-11-8-9(15)7-10(14)12(11)13(16)5-3-2-4-6-13/h7-8,16H,2-6H2,1H3. The highest BCUT2D eigenvalue weighted by atomic mass is 35.5. The number of halogens is 2. The third-order valence-corrected chi connectivity index (χ3v) is 3.68.